The maximum Gasteiger partial charge on any atom is 0.240 e. The molecule has 2 aliphatic heterocycles. The lowest BCUT2D eigenvalue weighted by atomic mass is 9.73. The Kier molecular flexibility index (Phi) is 5.84. The van der Waals surface area contributed by atoms with Crippen LogP contribution in [0.5, 0.6) is 0 Å². The number of aromatic nitrogens is 2. The molecule has 2 fully saturated rings. The van der Waals surface area contributed by atoms with Crippen LogP contribution in [0.4, 0.5) is 5.95 Å². The fourth-order valence-electron chi connectivity index (χ4n) is 4.65. The number of para-hydroxylation sites is 1. The zero-order valence-electron chi connectivity index (χ0n) is 18.0. The maximum absolute atomic E-state index is 12.4. The van der Waals surface area contributed by atoms with E-state index < -0.39 is 10.0 Å². The van der Waals surface area contributed by atoms with Gasteiger partial charge in [0.2, 0.25) is 16.0 Å². The van der Waals surface area contributed by atoms with Gasteiger partial charge in [-0.25, -0.2) is 23.1 Å². The van der Waals surface area contributed by atoms with Gasteiger partial charge < -0.3 is 9.64 Å². The topological polar surface area (TPSA) is 84.4 Å². The Balaban J connectivity index is 1.14. The number of ether oxygens (including phenoxy) is 1. The number of benzene rings is 2. The lowest BCUT2D eigenvalue weighted by molar-refractivity contribution is -0.0691. The molecule has 2 aliphatic rings. The molecule has 2 aromatic carbocycles. The third-order valence-electron chi connectivity index (χ3n) is 6.76. The molecule has 1 aromatic heterocycles. The number of fused-ring (bicyclic) bond motifs is 1. The summed E-state index contributed by atoms with van der Waals surface area (Å²) in [7, 11) is -3.50. The number of hydrogen-bond acceptors (Lipinski definition) is 6. The van der Waals surface area contributed by atoms with Gasteiger partial charge in [-0.05, 0) is 49.3 Å². The fraction of sp³-hybridized carbons (Fsp3) is 0.417. The molecular weight excluding hydrogens is 424 g/mol. The number of nitrogens with one attached hydrogen (secondary N) is 1. The van der Waals surface area contributed by atoms with Crippen molar-refractivity contribution in [2.45, 2.75) is 36.7 Å². The average Bonchev–Trinajstić information content (AvgIpc) is 2.85. The van der Waals surface area contributed by atoms with E-state index in [0.29, 0.717) is 13.2 Å². The maximum atomic E-state index is 12.4. The zero-order chi connectivity index (χ0) is 22.0. The van der Waals surface area contributed by atoms with E-state index in [1.807, 2.05) is 30.5 Å². The molecule has 32 heavy (non-hydrogen) atoms. The molecule has 168 valence electrons. The second-order valence-corrected chi connectivity index (χ2v) is 10.6. The summed E-state index contributed by atoms with van der Waals surface area (Å²) in [5.74, 6) is 0.795. The van der Waals surface area contributed by atoms with Gasteiger partial charge >= 0.3 is 0 Å². The normalized spacial score (nSPS) is 21.1. The highest BCUT2D eigenvalue weighted by atomic mass is 32.2. The first-order valence-electron chi connectivity index (χ1n) is 11.2. The molecular formula is C24H28N4O3S. The molecule has 1 spiro atoms. The highest BCUT2D eigenvalue weighted by molar-refractivity contribution is 7.89. The van der Waals surface area contributed by atoms with Crippen LogP contribution in [0.25, 0.3) is 10.9 Å². The lowest BCUT2D eigenvalue weighted by Gasteiger charge is -2.45. The van der Waals surface area contributed by atoms with Crippen LogP contribution in [0, 0.1) is 5.41 Å². The molecule has 7 nitrogen and oxygen atoms in total. The SMILES string of the molecule is O=S(=O)(NC[C@@H]1CCC2(CCN(c3ncc4ccccc4n3)CC2)CO1)c1ccccc1. The van der Waals surface area contributed by atoms with Crippen molar-refractivity contribution in [3.8, 4) is 0 Å². The fourth-order valence-corrected chi connectivity index (χ4v) is 5.74. The first-order valence-corrected chi connectivity index (χ1v) is 12.6. The van der Waals surface area contributed by atoms with Crippen LogP contribution in [-0.4, -0.2) is 50.7 Å². The summed E-state index contributed by atoms with van der Waals surface area (Å²) >= 11 is 0. The summed E-state index contributed by atoms with van der Waals surface area (Å²) in [5.41, 5.74) is 1.14. The zero-order valence-corrected chi connectivity index (χ0v) is 18.8. The largest absolute Gasteiger partial charge is 0.376 e. The van der Waals surface area contributed by atoms with Crippen molar-refractivity contribution in [1.82, 2.24) is 14.7 Å². The van der Waals surface area contributed by atoms with E-state index in [1.54, 1.807) is 30.3 Å². The smallest absolute Gasteiger partial charge is 0.240 e. The van der Waals surface area contributed by atoms with Gasteiger partial charge in [-0.2, -0.15) is 0 Å². The number of piperidine rings is 1. The van der Waals surface area contributed by atoms with Crippen molar-refractivity contribution in [1.29, 1.82) is 0 Å². The van der Waals surface area contributed by atoms with Gasteiger partial charge in [-0.15, -0.1) is 0 Å². The van der Waals surface area contributed by atoms with Crippen molar-refractivity contribution in [3.05, 3.63) is 60.8 Å². The number of anilines is 1. The molecule has 0 saturated carbocycles. The summed E-state index contributed by atoms with van der Waals surface area (Å²) < 4.78 is 33.7. The molecule has 0 unspecified atom stereocenters. The molecule has 1 atom stereocenters. The summed E-state index contributed by atoms with van der Waals surface area (Å²) in [6, 6.07) is 16.5. The number of hydrogen-bond donors (Lipinski definition) is 1. The number of nitrogens with zero attached hydrogens (tertiary/aromatic N) is 3. The van der Waals surface area contributed by atoms with Crippen molar-refractivity contribution < 1.29 is 13.2 Å². The van der Waals surface area contributed by atoms with Crippen LogP contribution in [0.1, 0.15) is 25.7 Å². The molecule has 0 bridgehead atoms. The summed E-state index contributed by atoms with van der Waals surface area (Å²) in [6.07, 6.45) is 5.80. The second kappa shape index (κ2) is 8.77. The summed E-state index contributed by atoms with van der Waals surface area (Å²) in [4.78, 5) is 11.9. The van der Waals surface area contributed by atoms with E-state index in [4.69, 9.17) is 9.72 Å². The minimum Gasteiger partial charge on any atom is -0.376 e. The molecule has 8 heteroatoms. The van der Waals surface area contributed by atoms with Crippen molar-refractivity contribution in [2.75, 3.05) is 31.1 Å². The standard InChI is InChI=1S/C24H28N4O3S/c29-32(30,21-7-2-1-3-8-21)26-17-20-10-11-24(18-31-20)12-14-28(15-13-24)23-25-16-19-6-4-5-9-22(19)27-23/h1-9,16,20,26H,10-15,17-18H2/t20-/m0/s1. The van der Waals surface area contributed by atoms with E-state index in [1.165, 1.54) is 0 Å². The Morgan fingerprint density at radius 2 is 1.78 bits per heavy atom. The predicted octanol–water partition coefficient (Wildman–Crippen LogP) is 3.37. The van der Waals surface area contributed by atoms with Gasteiger partial charge in [-0.1, -0.05) is 36.4 Å². The van der Waals surface area contributed by atoms with Crippen molar-refractivity contribution in [3.63, 3.8) is 0 Å². The predicted molar refractivity (Wildman–Crippen MR) is 124 cm³/mol. The van der Waals surface area contributed by atoms with Crippen molar-refractivity contribution >= 4 is 26.9 Å². The summed E-state index contributed by atoms with van der Waals surface area (Å²) in [5, 5.41) is 1.05. The van der Waals surface area contributed by atoms with E-state index in [9.17, 15) is 8.42 Å². The van der Waals surface area contributed by atoms with Crippen LogP contribution in [0.3, 0.4) is 0 Å². The number of sulfonamides is 1. The Morgan fingerprint density at radius 3 is 2.53 bits per heavy atom. The van der Waals surface area contributed by atoms with Gasteiger partial charge in [0.15, 0.2) is 0 Å². The Hall–Kier alpha value is -2.55. The monoisotopic (exact) mass is 452 g/mol. The molecule has 0 amide bonds. The third kappa shape index (κ3) is 4.48. The molecule has 0 aliphatic carbocycles. The van der Waals surface area contributed by atoms with Gasteiger partial charge in [0.1, 0.15) is 0 Å². The van der Waals surface area contributed by atoms with Gasteiger partial charge in [0, 0.05) is 31.2 Å². The molecule has 0 radical (unpaired) electrons. The molecule has 3 heterocycles. The van der Waals surface area contributed by atoms with Crippen LogP contribution >= 0.6 is 0 Å². The van der Waals surface area contributed by atoms with E-state index in [2.05, 4.69) is 14.6 Å². The highest BCUT2D eigenvalue weighted by Crippen LogP contribution is 2.41. The minimum absolute atomic E-state index is 0.0824. The molecule has 1 N–H and O–H groups in total. The Morgan fingerprint density at radius 1 is 1.03 bits per heavy atom. The molecule has 2 saturated heterocycles. The molecule has 5 rings (SSSR count). The first-order chi connectivity index (χ1) is 15.5. The van der Waals surface area contributed by atoms with Crippen LogP contribution in [0.15, 0.2) is 65.7 Å². The van der Waals surface area contributed by atoms with Crippen LogP contribution in [-0.2, 0) is 14.8 Å². The van der Waals surface area contributed by atoms with E-state index >= 15 is 0 Å². The van der Waals surface area contributed by atoms with E-state index in [-0.39, 0.29) is 16.4 Å². The third-order valence-corrected chi connectivity index (χ3v) is 8.20. The minimum atomic E-state index is -3.50. The Bertz CT molecular complexity index is 1170. The second-order valence-electron chi connectivity index (χ2n) is 8.85. The Labute approximate surface area is 188 Å². The number of rotatable bonds is 5. The lowest BCUT2D eigenvalue weighted by Crippen LogP contribution is -2.48. The van der Waals surface area contributed by atoms with Crippen LogP contribution in [0.2, 0.25) is 0 Å². The van der Waals surface area contributed by atoms with Crippen LogP contribution < -0.4 is 9.62 Å². The highest BCUT2D eigenvalue weighted by Gasteiger charge is 2.39. The average molecular weight is 453 g/mol. The van der Waals surface area contributed by atoms with E-state index in [0.717, 1.165) is 55.6 Å². The van der Waals surface area contributed by atoms with Gasteiger partial charge in [-0.3, -0.25) is 0 Å². The van der Waals surface area contributed by atoms with Gasteiger partial charge in [0.25, 0.3) is 0 Å². The molecule has 3 aromatic rings. The summed E-state index contributed by atoms with van der Waals surface area (Å²) in [6.45, 7) is 2.81. The van der Waals surface area contributed by atoms with Gasteiger partial charge in [0.05, 0.1) is 23.1 Å². The first kappa shape index (κ1) is 21.3. The quantitative estimate of drug-likeness (QED) is 0.639. The van der Waals surface area contributed by atoms with Crippen molar-refractivity contribution in [2.24, 2.45) is 5.41 Å².